The summed E-state index contributed by atoms with van der Waals surface area (Å²) in [6, 6.07) is 0. The van der Waals surface area contributed by atoms with Crippen LogP contribution in [0.4, 0.5) is 8.78 Å². The van der Waals surface area contributed by atoms with E-state index in [0.717, 1.165) is 0 Å². The molecule has 0 amide bonds. The Hall–Kier alpha value is -0.840. The summed E-state index contributed by atoms with van der Waals surface area (Å²) in [4.78, 5) is 10.9. The first-order valence-corrected chi connectivity index (χ1v) is 6.36. The van der Waals surface area contributed by atoms with E-state index in [1.54, 1.807) is 0 Å². The van der Waals surface area contributed by atoms with E-state index >= 15 is 0 Å². The molecule has 1 rings (SSSR count). The lowest BCUT2D eigenvalue weighted by atomic mass is 10.4. The van der Waals surface area contributed by atoms with Gasteiger partial charge in [0.15, 0.2) is 6.61 Å². The molecule has 106 valence electrons. The molecule has 0 bridgehead atoms. The molecule has 0 aliphatic carbocycles. The molecule has 0 aromatic rings. The van der Waals surface area contributed by atoms with Gasteiger partial charge in [-0.25, -0.2) is 0 Å². The molecule has 0 saturated carbocycles. The van der Waals surface area contributed by atoms with Crippen LogP contribution in [0.1, 0.15) is 6.42 Å². The van der Waals surface area contributed by atoms with E-state index in [1.807, 2.05) is 0 Å². The summed E-state index contributed by atoms with van der Waals surface area (Å²) < 4.78 is 67.5. The standard InChI is InChI=1S/C8H12F2O7S/c9-8(10,18(12,13)14)5-17-7(11)1-2-15-3-6-4-16-6/h6H,1-5H2,(H,12,13,14). The van der Waals surface area contributed by atoms with E-state index in [2.05, 4.69) is 4.74 Å². The number of ether oxygens (including phenoxy) is 3. The molecule has 1 heterocycles. The van der Waals surface area contributed by atoms with Crippen molar-refractivity contribution < 1.29 is 40.8 Å². The molecule has 18 heavy (non-hydrogen) atoms. The van der Waals surface area contributed by atoms with Crippen LogP contribution in [0.2, 0.25) is 0 Å². The summed E-state index contributed by atoms with van der Waals surface area (Å²) in [6.45, 7) is -0.883. The van der Waals surface area contributed by atoms with Crippen LogP contribution >= 0.6 is 0 Å². The van der Waals surface area contributed by atoms with Crippen LogP contribution in [0.25, 0.3) is 0 Å². The van der Waals surface area contributed by atoms with Crippen molar-refractivity contribution in [1.82, 2.24) is 0 Å². The molecule has 1 saturated heterocycles. The molecule has 0 aromatic heterocycles. The average molecular weight is 290 g/mol. The number of esters is 1. The summed E-state index contributed by atoms with van der Waals surface area (Å²) in [5.41, 5.74) is 0. The topological polar surface area (TPSA) is 102 Å². The molecule has 1 aliphatic heterocycles. The Labute approximate surface area is 102 Å². The lowest BCUT2D eigenvalue weighted by Gasteiger charge is -2.12. The predicted octanol–water partition coefficient (Wildman–Crippen LogP) is -0.184. The Morgan fingerprint density at radius 1 is 1.50 bits per heavy atom. The molecule has 1 unspecified atom stereocenters. The van der Waals surface area contributed by atoms with Gasteiger partial charge in [-0.15, -0.1) is 0 Å². The number of carbonyl (C=O) groups is 1. The Morgan fingerprint density at radius 3 is 2.61 bits per heavy atom. The fourth-order valence-electron chi connectivity index (χ4n) is 0.846. The van der Waals surface area contributed by atoms with Crippen molar-refractivity contribution in [3.63, 3.8) is 0 Å². The molecule has 10 heteroatoms. The quantitative estimate of drug-likeness (QED) is 0.286. The van der Waals surface area contributed by atoms with Gasteiger partial charge in [-0.1, -0.05) is 0 Å². The Morgan fingerprint density at radius 2 is 2.11 bits per heavy atom. The maximum Gasteiger partial charge on any atom is 0.402 e. The second-order valence-electron chi connectivity index (χ2n) is 3.55. The Kier molecular flexibility index (Phi) is 4.96. The van der Waals surface area contributed by atoms with Gasteiger partial charge in [0.2, 0.25) is 0 Å². The highest BCUT2D eigenvalue weighted by Gasteiger charge is 2.45. The zero-order valence-corrected chi connectivity index (χ0v) is 9.99. The third kappa shape index (κ3) is 5.21. The molecule has 1 fully saturated rings. The maximum atomic E-state index is 12.6. The second-order valence-corrected chi connectivity index (χ2v) is 5.10. The number of carbonyl (C=O) groups excluding carboxylic acids is 1. The number of halogens is 2. The summed E-state index contributed by atoms with van der Waals surface area (Å²) in [5.74, 6) is -1.05. The molecule has 1 N–H and O–H groups in total. The monoisotopic (exact) mass is 290 g/mol. The lowest BCUT2D eigenvalue weighted by molar-refractivity contribution is -0.150. The Bertz CT molecular complexity index is 390. The van der Waals surface area contributed by atoms with Crippen LogP contribution < -0.4 is 0 Å². The largest absolute Gasteiger partial charge is 0.458 e. The van der Waals surface area contributed by atoms with Crippen LogP contribution in [0.3, 0.4) is 0 Å². The normalized spacial score (nSPS) is 19.6. The van der Waals surface area contributed by atoms with Crippen LogP contribution in [-0.4, -0.2) is 56.7 Å². The summed E-state index contributed by atoms with van der Waals surface area (Å²) in [6.07, 6.45) is -0.279. The summed E-state index contributed by atoms with van der Waals surface area (Å²) in [5, 5.41) is -4.51. The zero-order valence-electron chi connectivity index (χ0n) is 9.17. The molecular formula is C8H12F2O7S. The van der Waals surface area contributed by atoms with Gasteiger partial charge in [-0.3, -0.25) is 9.35 Å². The van der Waals surface area contributed by atoms with Crippen LogP contribution in [0, 0.1) is 0 Å². The third-order valence-electron chi connectivity index (χ3n) is 1.94. The van der Waals surface area contributed by atoms with Gasteiger partial charge in [-0.2, -0.15) is 17.2 Å². The van der Waals surface area contributed by atoms with Crippen molar-refractivity contribution in [3.8, 4) is 0 Å². The van der Waals surface area contributed by atoms with Gasteiger partial charge >= 0.3 is 21.3 Å². The van der Waals surface area contributed by atoms with E-state index in [-0.39, 0.29) is 19.1 Å². The molecule has 7 nitrogen and oxygen atoms in total. The van der Waals surface area contributed by atoms with Gasteiger partial charge in [0.25, 0.3) is 0 Å². The number of hydrogen-bond acceptors (Lipinski definition) is 6. The van der Waals surface area contributed by atoms with Crippen molar-refractivity contribution in [1.29, 1.82) is 0 Å². The average Bonchev–Trinajstić information content (AvgIpc) is 3.04. The van der Waals surface area contributed by atoms with Crippen LogP contribution in [0.15, 0.2) is 0 Å². The summed E-state index contributed by atoms with van der Waals surface area (Å²) >= 11 is 0. The van der Waals surface area contributed by atoms with Gasteiger partial charge in [0.1, 0.15) is 6.10 Å². The second kappa shape index (κ2) is 5.87. The van der Waals surface area contributed by atoms with Gasteiger partial charge in [-0.05, 0) is 0 Å². The highest BCUT2D eigenvalue weighted by atomic mass is 32.2. The number of epoxide rings is 1. The van der Waals surface area contributed by atoms with Gasteiger partial charge in [0.05, 0.1) is 26.2 Å². The molecule has 1 aliphatic rings. The van der Waals surface area contributed by atoms with Crippen LogP contribution in [-0.2, 0) is 29.1 Å². The fraction of sp³-hybridized carbons (Fsp3) is 0.875. The van der Waals surface area contributed by atoms with Gasteiger partial charge < -0.3 is 14.2 Å². The molecule has 0 spiro atoms. The fourth-order valence-corrected chi connectivity index (χ4v) is 1.05. The van der Waals surface area contributed by atoms with E-state index in [0.29, 0.717) is 13.2 Å². The SMILES string of the molecule is O=C(CCOCC1CO1)OCC(F)(F)S(=O)(=O)O. The van der Waals surface area contributed by atoms with Crippen molar-refractivity contribution in [3.05, 3.63) is 0 Å². The smallest absolute Gasteiger partial charge is 0.402 e. The summed E-state index contributed by atoms with van der Waals surface area (Å²) in [7, 11) is -5.58. The van der Waals surface area contributed by atoms with Crippen molar-refractivity contribution in [2.75, 3.05) is 26.4 Å². The molecule has 0 radical (unpaired) electrons. The van der Waals surface area contributed by atoms with E-state index in [4.69, 9.17) is 14.0 Å². The first-order valence-electron chi connectivity index (χ1n) is 4.92. The molecule has 1 atom stereocenters. The first-order chi connectivity index (χ1) is 8.22. The molecule has 0 aromatic carbocycles. The first kappa shape index (κ1) is 15.2. The van der Waals surface area contributed by atoms with Crippen molar-refractivity contribution in [2.45, 2.75) is 17.8 Å². The molecular weight excluding hydrogens is 278 g/mol. The number of alkyl halides is 2. The lowest BCUT2D eigenvalue weighted by Crippen LogP contribution is -2.34. The highest BCUT2D eigenvalue weighted by Crippen LogP contribution is 2.20. The minimum atomic E-state index is -5.58. The van der Waals surface area contributed by atoms with E-state index < -0.39 is 27.9 Å². The zero-order chi connectivity index (χ0) is 13.8. The van der Waals surface area contributed by atoms with E-state index in [1.165, 1.54) is 0 Å². The minimum Gasteiger partial charge on any atom is -0.458 e. The Balaban J connectivity index is 2.15. The van der Waals surface area contributed by atoms with Crippen molar-refractivity contribution >= 4 is 16.1 Å². The minimum absolute atomic E-state index is 0.0184. The van der Waals surface area contributed by atoms with Crippen LogP contribution in [0.5, 0.6) is 0 Å². The third-order valence-corrected chi connectivity index (χ3v) is 2.81. The van der Waals surface area contributed by atoms with E-state index in [9.17, 15) is 22.0 Å². The predicted molar refractivity (Wildman–Crippen MR) is 52.6 cm³/mol. The highest BCUT2D eigenvalue weighted by molar-refractivity contribution is 7.86. The van der Waals surface area contributed by atoms with Gasteiger partial charge in [0, 0.05) is 0 Å². The number of rotatable bonds is 8. The maximum absolute atomic E-state index is 12.6. The number of hydrogen-bond donors (Lipinski definition) is 1. The van der Waals surface area contributed by atoms with Crippen molar-refractivity contribution in [2.24, 2.45) is 0 Å².